The summed E-state index contributed by atoms with van der Waals surface area (Å²) in [7, 11) is 0. The van der Waals surface area contributed by atoms with E-state index in [0.29, 0.717) is 0 Å². The maximum Gasteiger partial charge on any atom is 0.101 e. The van der Waals surface area contributed by atoms with E-state index in [4.69, 9.17) is 10.8 Å². The van der Waals surface area contributed by atoms with Crippen molar-refractivity contribution in [3.8, 4) is 6.07 Å². The molecule has 3 N–H and O–H groups in total. The number of hydrogen-bond acceptors (Lipinski definition) is 4. The molecule has 1 aromatic carbocycles. The molecule has 1 heterocycles. The van der Waals surface area contributed by atoms with Crippen molar-refractivity contribution in [1.29, 1.82) is 5.26 Å². The van der Waals surface area contributed by atoms with Crippen LogP contribution >= 0.6 is 0 Å². The van der Waals surface area contributed by atoms with Crippen LogP contribution in [0.25, 0.3) is 0 Å². The SMILES string of the molecule is CC(N)Cc1cc(C#N)c2c(c1)CCN2CCCO. The molecule has 1 aromatic rings. The van der Waals surface area contributed by atoms with Crippen molar-refractivity contribution >= 4 is 5.69 Å². The third-order valence-corrected chi connectivity index (χ3v) is 3.48. The molecule has 0 spiro atoms. The predicted molar refractivity (Wildman–Crippen MR) is 76.1 cm³/mol. The van der Waals surface area contributed by atoms with Gasteiger partial charge in [-0.25, -0.2) is 0 Å². The highest BCUT2D eigenvalue weighted by Gasteiger charge is 2.23. The van der Waals surface area contributed by atoms with Crippen molar-refractivity contribution < 1.29 is 5.11 Å². The van der Waals surface area contributed by atoms with Crippen LogP contribution in [0.3, 0.4) is 0 Å². The van der Waals surface area contributed by atoms with Crippen LogP contribution in [0.1, 0.15) is 30.0 Å². The van der Waals surface area contributed by atoms with Crippen molar-refractivity contribution in [3.05, 3.63) is 28.8 Å². The van der Waals surface area contributed by atoms with Gasteiger partial charge < -0.3 is 15.7 Å². The van der Waals surface area contributed by atoms with Gasteiger partial charge >= 0.3 is 0 Å². The largest absolute Gasteiger partial charge is 0.396 e. The summed E-state index contributed by atoms with van der Waals surface area (Å²) in [5.41, 5.74) is 10.0. The molecule has 0 bridgehead atoms. The average molecular weight is 259 g/mol. The third-order valence-electron chi connectivity index (χ3n) is 3.48. The molecule has 1 atom stereocenters. The van der Waals surface area contributed by atoms with Crippen LogP contribution in [-0.4, -0.2) is 30.8 Å². The van der Waals surface area contributed by atoms with Crippen molar-refractivity contribution in [1.82, 2.24) is 0 Å². The summed E-state index contributed by atoms with van der Waals surface area (Å²) in [6, 6.07) is 6.55. The lowest BCUT2D eigenvalue weighted by atomic mass is 9.99. The first-order valence-electron chi connectivity index (χ1n) is 6.83. The van der Waals surface area contributed by atoms with Gasteiger partial charge in [0.05, 0.1) is 11.3 Å². The van der Waals surface area contributed by atoms with Gasteiger partial charge in [-0.2, -0.15) is 5.26 Å². The normalized spacial score (nSPS) is 15.2. The zero-order valence-electron chi connectivity index (χ0n) is 11.4. The van der Waals surface area contributed by atoms with E-state index in [9.17, 15) is 5.26 Å². The molecule has 4 nitrogen and oxygen atoms in total. The van der Waals surface area contributed by atoms with Crippen LogP contribution in [0.4, 0.5) is 5.69 Å². The maximum absolute atomic E-state index is 9.35. The van der Waals surface area contributed by atoms with Crippen LogP contribution in [0.15, 0.2) is 12.1 Å². The Bertz CT molecular complexity index is 491. The minimum atomic E-state index is 0.108. The highest BCUT2D eigenvalue weighted by molar-refractivity contribution is 5.68. The highest BCUT2D eigenvalue weighted by atomic mass is 16.3. The zero-order valence-corrected chi connectivity index (χ0v) is 11.4. The molecule has 1 aliphatic rings. The molecule has 0 amide bonds. The summed E-state index contributed by atoms with van der Waals surface area (Å²) in [6.45, 7) is 3.92. The average Bonchev–Trinajstić information content (AvgIpc) is 2.77. The van der Waals surface area contributed by atoms with Crippen molar-refractivity contribution in [2.24, 2.45) is 5.73 Å². The van der Waals surface area contributed by atoms with E-state index in [1.807, 2.05) is 13.0 Å². The van der Waals surface area contributed by atoms with Gasteiger partial charge in [-0.15, -0.1) is 0 Å². The fraction of sp³-hybridized carbons (Fsp3) is 0.533. The van der Waals surface area contributed by atoms with Crippen molar-refractivity contribution in [2.45, 2.75) is 32.2 Å². The summed E-state index contributed by atoms with van der Waals surface area (Å²) >= 11 is 0. The Hall–Kier alpha value is -1.57. The lowest BCUT2D eigenvalue weighted by Crippen LogP contribution is -2.23. The topological polar surface area (TPSA) is 73.3 Å². The number of rotatable bonds is 5. The summed E-state index contributed by atoms with van der Waals surface area (Å²) in [4.78, 5) is 2.21. The Balaban J connectivity index is 2.30. The van der Waals surface area contributed by atoms with E-state index in [-0.39, 0.29) is 12.6 Å². The minimum Gasteiger partial charge on any atom is -0.396 e. The molecule has 1 unspecified atom stereocenters. The second-order valence-corrected chi connectivity index (χ2v) is 5.26. The molecule has 1 aliphatic heterocycles. The molecule has 2 rings (SSSR count). The van der Waals surface area contributed by atoms with Gasteiger partial charge in [0.1, 0.15) is 6.07 Å². The second kappa shape index (κ2) is 6.05. The van der Waals surface area contributed by atoms with Gasteiger partial charge in [0.2, 0.25) is 0 Å². The summed E-state index contributed by atoms with van der Waals surface area (Å²) in [5, 5.41) is 18.3. The highest BCUT2D eigenvalue weighted by Crippen LogP contribution is 2.33. The minimum absolute atomic E-state index is 0.108. The number of hydrogen-bond donors (Lipinski definition) is 2. The number of nitrogens with two attached hydrogens (primary N) is 1. The van der Waals surface area contributed by atoms with Gasteiger partial charge in [-0.05, 0) is 43.4 Å². The zero-order chi connectivity index (χ0) is 13.8. The predicted octanol–water partition coefficient (Wildman–Crippen LogP) is 1.19. The van der Waals surface area contributed by atoms with Gasteiger partial charge in [-0.3, -0.25) is 0 Å². The number of aliphatic hydroxyl groups is 1. The molecular formula is C15H21N3O. The fourth-order valence-electron chi connectivity index (χ4n) is 2.75. The molecule has 0 aromatic heterocycles. The number of fused-ring (bicyclic) bond motifs is 1. The standard InChI is InChI=1S/C15H21N3O/c1-11(17)7-12-8-13-3-5-18(4-2-6-19)15(13)14(9-12)10-16/h8-9,11,19H,2-7,17H2,1H3. The van der Waals surface area contributed by atoms with Gasteiger partial charge in [-0.1, -0.05) is 6.07 Å². The Morgan fingerprint density at radius 2 is 2.32 bits per heavy atom. The summed E-state index contributed by atoms with van der Waals surface area (Å²) < 4.78 is 0. The van der Waals surface area contributed by atoms with Crippen LogP contribution < -0.4 is 10.6 Å². The summed E-state index contributed by atoms with van der Waals surface area (Å²) in [6.07, 6.45) is 2.52. The number of benzene rings is 1. The van der Waals surface area contributed by atoms with Crippen molar-refractivity contribution in [3.63, 3.8) is 0 Å². The van der Waals surface area contributed by atoms with Crippen LogP contribution in [0, 0.1) is 11.3 Å². The molecule has 19 heavy (non-hydrogen) atoms. The molecule has 0 saturated heterocycles. The maximum atomic E-state index is 9.35. The van der Waals surface area contributed by atoms with E-state index >= 15 is 0 Å². The molecule has 102 valence electrons. The molecule has 0 radical (unpaired) electrons. The molecule has 0 fully saturated rings. The Morgan fingerprint density at radius 1 is 1.53 bits per heavy atom. The first kappa shape index (κ1) is 13.9. The van der Waals surface area contributed by atoms with E-state index < -0.39 is 0 Å². The Kier molecular flexibility index (Phi) is 4.41. The van der Waals surface area contributed by atoms with Gasteiger partial charge in [0.15, 0.2) is 0 Å². The molecule has 0 aliphatic carbocycles. The van der Waals surface area contributed by atoms with E-state index in [2.05, 4.69) is 17.0 Å². The Labute approximate surface area is 114 Å². The van der Waals surface area contributed by atoms with Crippen molar-refractivity contribution in [2.75, 3.05) is 24.6 Å². The van der Waals surface area contributed by atoms with E-state index in [0.717, 1.165) is 49.2 Å². The summed E-state index contributed by atoms with van der Waals surface area (Å²) in [5.74, 6) is 0. The van der Waals surface area contributed by atoms with E-state index in [1.54, 1.807) is 0 Å². The molecule has 0 saturated carbocycles. The van der Waals surface area contributed by atoms with Crippen LogP contribution in [-0.2, 0) is 12.8 Å². The third kappa shape index (κ3) is 3.06. The Morgan fingerprint density at radius 3 is 2.95 bits per heavy atom. The van der Waals surface area contributed by atoms with Gasteiger partial charge in [0.25, 0.3) is 0 Å². The molecular weight excluding hydrogens is 238 g/mol. The first-order chi connectivity index (χ1) is 9.15. The number of anilines is 1. The molecule has 4 heteroatoms. The second-order valence-electron chi connectivity index (χ2n) is 5.26. The quantitative estimate of drug-likeness (QED) is 0.833. The number of aliphatic hydroxyl groups excluding tert-OH is 1. The number of nitrogens with zero attached hydrogens (tertiary/aromatic N) is 2. The van der Waals surface area contributed by atoms with Crippen LogP contribution in [0.2, 0.25) is 0 Å². The lowest BCUT2D eigenvalue weighted by Gasteiger charge is -2.20. The number of nitriles is 1. The smallest absolute Gasteiger partial charge is 0.101 e. The van der Waals surface area contributed by atoms with Gasteiger partial charge in [0, 0.05) is 25.7 Å². The van der Waals surface area contributed by atoms with Crippen LogP contribution in [0.5, 0.6) is 0 Å². The fourth-order valence-corrected chi connectivity index (χ4v) is 2.75. The first-order valence-corrected chi connectivity index (χ1v) is 6.83. The van der Waals surface area contributed by atoms with E-state index in [1.165, 1.54) is 5.56 Å². The monoisotopic (exact) mass is 259 g/mol. The lowest BCUT2D eigenvalue weighted by molar-refractivity contribution is 0.290.